The summed E-state index contributed by atoms with van der Waals surface area (Å²) in [5, 5.41) is 16.4. The molecule has 5 nitrogen and oxygen atoms in total. The Morgan fingerprint density at radius 2 is 1.86 bits per heavy atom. The number of nitrogens with one attached hydrogen (secondary N) is 1. The largest absolute Gasteiger partial charge is 0.598 e. The first-order chi connectivity index (χ1) is 12.9. The molecule has 1 aromatic carbocycles. The number of nitrogens with two attached hydrogens (primary N) is 1. The Morgan fingerprint density at radius 1 is 1.32 bits per heavy atom. The van der Waals surface area contributed by atoms with Crippen LogP contribution >= 0.6 is 0 Å². The van der Waals surface area contributed by atoms with Crippen molar-refractivity contribution in [3.63, 3.8) is 0 Å². The number of carboxylic acids is 1. The minimum Gasteiger partial charge on any atom is -0.598 e. The number of benzene rings is 1. The number of alkyl halides is 3. The second kappa shape index (κ2) is 8.61. The summed E-state index contributed by atoms with van der Waals surface area (Å²) in [4.78, 5) is 8.90. The van der Waals surface area contributed by atoms with E-state index in [-0.39, 0.29) is 4.75 Å². The number of aliphatic carboxylic acids is 1. The van der Waals surface area contributed by atoms with E-state index >= 15 is 0 Å². The molecule has 4 N–H and O–H groups in total. The first kappa shape index (κ1) is 23.0. The maximum Gasteiger partial charge on any atom is 0.490 e. The molecule has 2 atom stereocenters. The van der Waals surface area contributed by atoms with Crippen LogP contribution in [0.5, 0.6) is 0 Å². The fourth-order valence-electron chi connectivity index (χ4n) is 4.22. The normalized spacial score (nSPS) is 22.2. The third-order valence-electron chi connectivity index (χ3n) is 5.79. The third kappa shape index (κ3) is 5.20. The monoisotopic (exact) mass is 420 g/mol. The molecule has 1 unspecified atom stereocenters. The highest BCUT2D eigenvalue weighted by molar-refractivity contribution is 7.90. The first-order valence-electron chi connectivity index (χ1n) is 9.14. The van der Waals surface area contributed by atoms with Gasteiger partial charge in [-0.25, -0.2) is 4.79 Å². The van der Waals surface area contributed by atoms with Crippen molar-refractivity contribution >= 4 is 17.3 Å². The third-order valence-corrected chi connectivity index (χ3v) is 7.05. The first-order valence-corrected chi connectivity index (χ1v) is 10.4. The molecule has 0 radical (unpaired) electrons. The molecule has 0 aromatic heterocycles. The summed E-state index contributed by atoms with van der Waals surface area (Å²) in [7, 11) is 0. The van der Waals surface area contributed by atoms with E-state index < -0.39 is 23.5 Å². The smallest absolute Gasteiger partial charge is 0.490 e. The van der Waals surface area contributed by atoms with Gasteiger partial charge in [-0.1, -0.05) is 24.3 Å². The number of halogens is 3. The zero-order valence-electron chi connectivity index (χ0n) is 16.0. The molecule has 1 aliphatic heterocycles. The maximum absolute atomic E-state index is 11.9. The highest BCUT2D eigenvalue weighted by atomic mass is 32.2. The van der Waals surface area contributed by atoms with Crippen molar-refractivity contribution < 1.29 is 27.6 Å². The Kier molecular flexibility index (Phi) is 7.07. The van der Waals surface area contributed by atoms with Crippen LogP contribution in [0.1, 0.15) is 50.2 Å². The Labute approximate surface area is 166 Å². The molecule has 3 rings (SSSR count). The molecule has 28 heavy (non-hydrogen) atoms. The van der Waals surface area contributed by atoms with Gasteiger partial charge in [-0.3, -0.25) is 0 Å². The van der Waals surface area contributed by atoms with Crippen molar-refractivity contribution in [1.82, 2.24) is 5.32 Å². The lowest BCUT2D eigenvalue weighted by atomic mass is 9.67. The van der Waals surface area contributed by atoms with Gasteiger partial charge in [-0.15, -0.1) is 0 Å². The molecule has 2 aliphatic rings. The van der Waals surface area contributed by atoms with Crippen molar-refractivity contribution in [1.29, 1.82) is 0 Å². The summed E-state index contributed by atoms with van der Waals surface area (Å²) in [5.41, 5.74) is 3.30. The number of fused-ring (bicyclic) bond motifs is 1. The van der Waals surface area contributed by atoms with Gasteiger partial charge in [0, 0.05) is 17.8 Å². The topological polar surface area (TPSA) is 98.4 Å². The number of piperidine rings is 1. The molecule has 9 heteroatoms. The lowest BCUT2D eigenvalue weighted by Gasteiger charge is -2.42. The van der Waals surface area contributed by atoms with Crippen LogP contribution in [-0.2, 0) is 22.6 Å². The van der Waals surface area contributed by atoms with Crippen molar-refractivity contribution in [2.45, 2.75) is 56.4 Å². The SMILES string of the molecule is CC(C)(C[C@@H]1c2ccccc2CC12CCNCC2)[S+](N)[O-].O=C(O)C(F)(F)F. The molecule has 1 spiro atoms. The predicted molar refractivity (Wildman–Crippen MR) is 102 cm³/mol. The highest BCUT2D eigenvalue weighted by Gasteiger charge is 2.49. The van der Waals surface area contributed by atoms with Crippen LogP contribution in [0.3, 0.4) is 0 Å². The fraction of sp³-hybridized carbons (Fsp3) is 0.632. The lowest BCUT2D eigenvalue weighted by Crippen LogP contribution is -2.44. The minimum atomic E-state index is -5.08. The Balaban J connectivity index is 0.000000345. The zero-order chi connectivity index (χ0) is 21.2. The molecule has 1 heterocycles. The van der Waals surface area contributed by atoms with Crippen LogP contribution in [0, 0.1) is 5.41 Å². The summed E-state index contributed by atoms with van der Waals surface area (Å²) in [6, 6.07) is 8.82. The van der Waals surface area contributed by atoms with E-state index in [9.17, 15) is 17.7 Å². The number of hydrogen-bond acceptors (Lipinski definition) is 4. The minimum absolute atomic E-state index is 0.333. The Bertz CT molecular complexity index is 689. The van der Waals surface area contributed by atoms with Crippen molar-refractivity contribution in [2.75, 3.05) is 13.1 Å². The summed E-state index contributed by atoms with van der Waals surface area (Å²) >= 11 is -1.29. The van der Waals surface area contributed by atoms with Crippen LogP contribution in [0.25, 0.3) is 0 Å². The maximum atomic E-state index is 11.9. The molecular formula is C19H27F3N2O3S. The van der Waals surface area contributed by atoms with Gasteiger partial charge in [0.2, 0.25) is 0 Å². The zero-order valence-corrected chi connectivity index (χ0v) is 16.8. The summed E-state index contributed by atoms with van der Waals surface area (Å²) < 4.78 is 43.3. The molecule has 1 saturated heterocycles. The molecule has 1 fully saturated rings. The van der Waals surface area contributed by atoms with Crippen LogP contribution in [0.15, 0.2) is 24.3 Å². The quantitative estimate of drug-likeness (QED) is 0.653. The second-order valence-corrected chi connectivity index (χ2v) is 9.80. The summed E-state index contributed by atoms with van der Waals surface area (Å²) in [6.07, 6.45) is -0.588. The van der Waals surface area contributed by atoms with Crippen LogP contribution in [-0.4, -0.2) is 39.6 Å². The van der Waals surface area contributed by atoms with Gasteiger partial charge in [0.05, 0.1) is 0 Å². The lowest BCUT2D eigenvalue weighted by molar-refractivity contribution is -0.192. The highest BCUT2D eigenvalue weighted by Crippen LogP contribution is 2.55. The average Bonchev–Trinajstić information content (AvgIpc) is 2.88. The van der Waals surface area contributed by atoms with E-state index in [1.54, 1.807) is 0 Å². The van der Waals surface area contributed by atoms with E-state index in [4.69, 9.17) is 15.0 Å². The molecular weight excluding hydrogens is 393 g/mol. The second-order valence-electron chi connectivity index (χ2n) is 8.10. The standard InChI is InChI=1S/C17H26N2OS.C2HF3O2/c1-16(2,21(18)20)12-15-14-6-4-3-5-13(14)11-17(15)7-9-19-10-8-17;3-2(4,5)1(6)7/h3-6,15,19H,7-12,18H2,1-2H3;(H,6,7)/t15-,21?;/m1./s1. The number of carboxylic acid groups (broad SMARTS) is 1. The van der Waals surface area contributed by atoms with Crippen molar-refractivity contribution in [3.8, 4) is 0 Å². The van der Waals surface area contributed by atoms with Crippen LogP contribution < -0.4 is 10.5 Å². The Morgan fingerprint density at radius 3 is 2.36 bits per heavy atom. The number of hydrogen-bond donors (Lipinski definition) is 3. The molecule has 0 saturated carbocycles. The van der Waals surface area contributed by atoms with Gasteiger partial charge >= 0.3 is 12.1 Å². The van der Waals surface area contributed by atoms with Gasteiger partial charge in [-0.05, 0) is 68.7 Å². The van der Waals surface area contributed by atoms with Gasteiger partial charge in [0.25, 0.3) is 0 Å². The van der Waals surface area contributed by atoms with Gasteiger partial charge < -0.3 is 15.0 Å². The molecule has 0 bridgehead atoms. The van der Waals surface area contributed by atoms with E-state index in [1.807, 2.05) is 13.8 Å². The number of carbonyl (C=O) groups is 1. The van der Waals surface area contributed by atoms with Crippen molar-refractivity contribution in [2.24, 2.45) is 10.6 Å². The van der Waals surface area contributed by atoms with Crippen molar-refractivity contribution in [3.05, 3.63) is 35.4 Å². The van der Waals surface area contributed by atoms with E-state index in [0.29, 0.717) is 11.3 Å². The van der Waals surface area contributed by atoms with E-state index in [0.717, 1.165) is 19.5 Å². The summed E-state index contributed by atoms with van der Waals surface area (Å²) in [5.74, 6) is -2.27. The molecule has 158 valence electrons. The van der Waals surface area contributed by atoms with Crippen LogP contribution in [0.2, 0.25) is 0 Å². The summed E-state index contributed by atoms with van der Waals surface area (Å²) in [6.45, 7) is 6.27. The van der Waals surface area contributed by atoms with E-state index in [2.05, 4.69) is 29.6 Å². The Hall–Kier alpha value is -1.29. The molecule has 0 amide bonds. The van der Waals surface area contributed by atoms with Gasteiger partial charge in [-0.2, -0.15) is 18.3 Å². The molecule has 1 aromatic rings. The van der Waals surface area contributed by atoms with Gasteiger partial charge in [0.15, 0.2) is 0 Å². The van der Waals surface area contributed by atoms with Gasteiger partial charge in [0.1, 0.15) is 4.75 Å². The van der Waals surface area contributed by atoms with Crippen LogP contribution in [0.4, 0.5) is 13.2 Å². The predicted octanol–water partition coefficient (Wildman–Crippen LogP) is 3.12. The van der Waals surface area contributed by atoms with E-state index in [1.165, 1.54) is 30.4 Å². The fourth-order valence-corrected chi connectivity index (χ4v) is 4.55. The molecule has 1 aliphatic carbocycles. The average molecular weight is 420 g/mol. The number of rotatable bonds is 3.